The van der Waals surface area contributed by atoms with Crippen LogP contribution in [0.5, 0.6) is 0 Å². The Kier molecular flexibility index (Phi) is 6.25. The molecule has 3 heterocycles. The molecule has 0 saturated heterocycles. The van der Waals surface area contributed by atoms with Crippen LogP contribution in [0, 0.1) is 11.8 Å². The lowest BCUT2D eigenvalue weighted by molar-refractivity contribution is -0.131. The minimum Gasteiger partial charge on any atom is -0.347 e. The highest BCUT2D eigenvalue weighted by atomic mass is 16.2. The second-order valence-corrected chi connectivity index (χ2v) is 8.76. The van der Waals surface area contributed by atoms with Crippen molar-refractivity contribution in [2.75, 3.05) is 4.90 Å². The number of carbonyl (C=O) groups is 3. The van der Waals surface area contributed by atoms with Gasteiger partial charge in [0.15, 0.2) is 5.82 Å². The number of aromatic amines is 1. The number of para-hydroxylation sites is 1. The molecule has 3 amide bonds. The van der Waals surface area contributed by atoms with Crippen molar-refractivity contribution < 1.29 is 14.4 Å². The average molecular weight is 439 g/mol. The first-order valence-corrected chi connectivity index (χ1v) is 11.3. The minimum absolute atomic E-state index is 0.117. The topological polar surface area (TPSA) is 120 Å². The monoisotopic (exact) mass is 438 g/mol. The molecule has 1 aromatic carbocycles. The Morgan fingerprint density at radius 3 is 2.78 bits per heavy atom. The first kappa shape index (κ1) is 22.0. The van der Waals surface area contributed by atoms with Gasteiger partial charge in [-0.2, -0.15) is 5.10 Å². The Balaban J connectivity index is 1.56. The number of hydrogen-bond donors (Lipinski definition) is 3. The molecule has 9 nitrogen and oxygen atoms in total. The summed E-state index contributed by atoms with van der Waals surface area (Å²) in [6.45, 7) is 6.16. The number of nitrogens with zero attached hydrogens (tertiary/aromatic N) is 3. The SMILES string of the molecule is CC[C@H](C)[C@H](C)C(=O)N[C@H]1CCc2cccc3c2N(C1=O)[C@H](C(=O)NCc1nc[nH]n1)C3. The maximum absolute atomic E-state index is 13.6. The fourth-order valence-electron chi connectivity index (χ4n) is 4.49. The van der Waals surface area contributed by atoms with Gasteiger partial charge in [-0.15, -0.1) is 0 Å². The van der Waals surface area contributed by atoms with Crippen LogP contribution < -0.4 is 15.5 Å². The molecule has 32 heavy (non-hydrogen) atoms. The van der Waals surface area contributed by atoms with E-state index in [9.17, 15) is 14.4 Å². The number of amides is 3. The molecule has 4 atom stereocenters. The number of carbonyl (C=O) groups excluding carboxylic acids is 3. The lowest BCUT2D eigenvalue weighted by Gasteiger charge is -2.28. The van der Waals surface area contributed by atoms with Gasteiger partial charge in [0.2, 0.25) is 17.7 Å². The second kappa shape index (κ2) is 9.10. The number of nitrogens with one attached hydrogen (secondary N) is 3. The summed E-state index contributed by atoms with van der Waals surface area (Å²) in [5.74, 6) is -0.0926. The summed E-state index contributed by atoms with van der Waals surface area (Å²) in [5, 5.41) is 12.4. The fraction of sp³-hybridized carbons (Fsp3) is 0.522. The number of H-pyrrole nitrogens is 1. The summed E-state index contributed by atoms with van der Waals surface area (Å²) in [4.78, 5) is 45.1. The lowest BCUT2D eigenvalue weighted by atomic mass is 9.92. The van der Waals surface area contributed by atoms with Crippen LogP contribution in [0.3, 0.4) is 0 Å². The van der Waals surface area contributed by atoms with Crippen molar-refractivity contribution in [3.63, 3.8) is 0 Å². The predicted octanol–water partition coefficient (Wildman–Crippen LogP) is 1.49. The quantitative estimate of drug-likeness (QED) is 0.605. The zero-order chi connectivity index (χ0) is 22.8. The van der Waals surface area contributed by atoms with Gasteiger partial charge in [0, 0.05) is 12.3 Å². The summed E-state index contributed by atoms with van der Waals surface area (Å²) in [7, 11) is 0. The minimum atomic E-state index is -0.665. The molecule has 0 spiro atoms. The Morgan fingerprint density at radius 2 is 2.06 bits per heavy atom. The van der Waals surface area contributed by atoms with Gasteiger partial charge in [-0.05, 0) is 29.9 Å². The Labute approximate surface area is 187 Å². The van der Waals surface area contributed by atoms with Gasteiger partial charge in [0.05, 0.1) is 12.2 Å². The molecule has 0 unspecified atom stereocenters. The van der Waals surface area contributed by atoms with Crippen LogP contribution in [0.2, 0.25) is 0 Å². The molecule has 1 aromatic heterocycles. The average Bonchev–Trinajstić information content (AvgIpc) is 3.43. The summed E-state index contributed by atoms with van der Waals surface area (Å²) >= 11 is 0. The van der Waals surface area contributed by atoms with Gasteiger partial charge in [-0.25, -0.2) is 4.98 Å². The van der Waals surface area contributed by atoms with Crippen molar-refractivity contribution in [1.29, 1.82) is 0 Å². The van der Waals surface area contributed by atoms with E-state index in [-0.39, 0.29) is 36.1 Å². The molecule has 0 saturated carbocycles. The third-order valence-electron chi connectivity index (χ3n) is 6.82. The molecule has 2 aliphatic rings. The Hall–Kier alpha value is -3.23. The van der Waals surface area contributed by atoms with Crippen molar-refractivity contribution >= 4 is 23.4 Å². The van der Waals surface area contributed by atoms with Crippen molar-refractivity contribution in [3.8, 4) is 0 Å². The van der Waals surface area contributed by atoms with E-state index in [4.69, 9.17) is 0 Å². The largest absolute Gasteiger partial charge is 0.347 e. The molecule has 0 radical (unpaired) electrons. The molecule has 3 N–H and O–H groups in total. The van der Waals surface area contributed by atoms with Crippen LogP contribution in [0.25, 0.3) is 0 Å². The maximum atomic E-state index is 13.6. The highest BCUT2D eigenvalue weighted by molar-refractivity contribution is 6.07. The zero-order valence-corrected chi connectivity index (χ0v) is 18.7. The second-order valence-electron chi connectivity index (χ2n) is 8.76. The third-order valence-corrected chi connectivity index (χ3v) is 6.82. The lowest BCUT2D eigenvalue weighted by Crippen LogP contribution is -2.55. The fourth-order valence-corrected chi connectivity index (χ4v) is 4.49. The third kappa shape index (κ3) is 4.11. The van der Waals surface area contributed by atoms with Crippen molar-refractivity contribution in [1.82, 2.24) is 25.8 Å². The van der Waals surface area contributed by atoms with Gasteiger partial charge in [0.25, 0.3) is 0 Å². The van der Waals surface area contributed by atoms with E-state index in [2.05, 4.69) is 32.7 Å². The van der Waals surface area contributed by atoms with Crippen molar-refractivity contribution in [3.05, 3.63) is 41.5 Å². The number of aryl methyl sites for hydroxylation is 1. The Morgan fingerprint density at radius 1 is 1.28 bits per heavy atom. The van der Waals surface area contributed by atoms with Gasteiger partial charge < -0.3 is 10.6 Å². The Bertz CT molecular complexity index is 1010. The van der Waals surface area contributed by atoms with E-state index in [1.807, 2.05) is 32.0 Å². The van der Waals surface area contributed by atoms with Crippen LogP contribution in [-0.4, -0.2) is 45.0 Å². The normalized spacial score (nSPS) is 21.5. The first-order valence-electron chi connectivity index (χ1n) is 11.3. The van der Waals surface area contributed by atoms with Crippen LogP contribution >= 0.6 is 0 Å². The van der Waals surface area contributed by atoms with Crippen molar-refractivity contribution in [2.45, 2.75) is 65.1 Å². The summed E-state index contributed by atoms with van der Waals surface area (Å²) in [6.07, 6.45) is 3.96. The number of rotatable bonds is 7. The number of aromatic nitrogens is 3. The summed E-state index contributed by atoms with van der Waals surface area (Å²) < 4.78 is 0. The molecular formula is C23H30N6O3. The van der Waals surface area contributed by atoms with E-state index >= 15 is 0 Å². The smallest absolute Gasteiger partial charge is 0.250 e. The van der Waals surface area contributed by atoms with Crippen LogP contribution in [0.4, 0.5) is 5.69 Å². The van der Waals surface area contributed by atoms with Crippen LogP contribution in [0.15, 0.2) is 24.5 Å². The maximum Gasteiger partial charge on any atom is 0.250 e. The van der Waals surface area contributed by atoms with E-state index in [1.165, 1.54) is 6.33 Å². The molecular weight excluding hydrogens is 408 g/mol. The van der Waals surface area contributed by atoms with Crippen LogP contribution in [-0.2, 0) is 33.8 Å². The van der Waals surface area contributed by atoms with Gasteiger partial charge in [-0.3, -0.25) is 24.4 Å². The molecule has 0 fully saturated rings. The highest BCUT2D eigenvalue weighted by Crippen LogP contribution is 2.39. The molecule has 9 heteroatoms. The number of anilines is 1. The van der Waals surface area contributed by atoms with E-state index in [1.54, 1.807) is 4.90 Å². The van der Waals surface area contributed by atoms with Crippen LogP contribution in [0.1, 0.15) is 50.6 Å². The zero-order valence-electron chi connectivity index (χ0n) is 18.7. The van der Waals surface area contributed by atoms with E-state index in [0.29, 0.717) is 25.1 Å². The molecule has 4 rings (SSSR count). The number of hydrogen-bond acceptors (Lipinski definition) is 5. The molecule has 170 valence electrons. The highest BCUT2D eigenvalue weighted by Gasteiger charge is 2.44. The van der Waals surface area contributed by atoms with Gasteiger partial charge in [-0.1, -0.05) is 45.4 Å². The number of benzene rings is 1. The standard InChI is InChI=1S/C23H30N6O3/c1-4-13(2)14(3)21(30)27-17-9-8-15-6-5-7-16-10-18(29(20(15)16)23(17)32)22(31)24-11-19-25-12-26-28-19/h5-7,12-14,17-18H,4,8-11H2,1-3H3,(H,24,31)(H,27,30)(H,25,26,28)/t13-,14-,17-,18-/m0/s1. The molecule has 0 bridgehead atoms. The van der Waals surface area contributed by atoms with Gasteiger partial charge >= 0.3 is 0 Å². The van der Waals surface area contributed by atoms with Crippen molar-refractivity contribution in [2.24, 2.45) is 11.8 Å². The molecule has 0 aliphatic carbocycles. The summed E-state index contributed by atoms with van der Waals surface area (Å²) in [5.41, 5.74) is 2.84. The van der Waals surface area contributed by atoms with Gasteiger partial charge in [0.1, 0.15) is 18.4 Å². The summed E-state index contributed by atoms with van der Waals surface area (Å²) in [6, 6.07) is 4.61. The molecule has 2 aliphatic heterocycles. The van der Waals surface area contributed by atoms with E-state index in [0.717, 1.165) is 23.2 Å². The predicted molar refractivity (Wildman–Crippen MR) is 119 cm³/mol. The van der Waals surface area contributed by atoms with E-state index < -0.39 is 12.1 Å². The first-order chi connectivity index (χ1) is 15.4. The molecule has 2 aromatic rings.